The van der Waals surface area contributed by atoms with Crippen LogP contribution >= 0.6 is 27.3 Å². The smallest absolute Gasteiger partial charge is 0.0285 e. The van der Waals surface area contributed by atoms with Crippen LogP contribution in [0.5, 0.6) is 0 Å². The van der Waals surface area contributed by atoms with E-state index in [4.69, 9.17) is 0 Å². The number of halogens is 1. The fraction of sp³-hybridized carbons (Fsp3) is 0.444. The predicted octanol–water partition coefficient (Wildman–Crippen LogP) is 4.84. The quantitative estimate of drug-likeness (QED) is 0.774. The second-order valence-corrected chi connectivity index (χ2v) is 7.84. The van der Waals surface area contributed by atoms with Gasteiger partial charge in [0.05, 0.1) is 0 Å². The molecule has 2 aromatic rings. The highest BCUT2D eigenvalue weighted by Crippen LogP contribution is 2.31. The Hall–Kier alpha value is -0.640. The molecular formula is C18H22BrNS. The second kappa shape index (κ2) is 7.08. The molecule has 1 aliphatic carbocycles. The second-order valence-electron chi connectivity index (χ2n) is 5.93. The van der Waals surface area contributed by atoms with Crippen molar-refractivity contribution in [2.75, 3.05) is 6.54 Å². The Morgan fingerprint density at radius 3 is 2.57 bits per heavy atom. The van der Waals surface area contributed by atoms with Gasteiger partial charge >= 0.3 is 0 Å². The lowest BCUT2D eigenvalue weighted by Gasteiger charge is -2.24. The van der Waals surface area contributed by atoms with Gasteiger partial charge in [-0.15, -0.1) is 11.3 Å². The number of benzene rings is 1. The first-order chi connectivity index (χ1) is 10.3. The van der Waals surface area contributed by atoms with Crippen LogP contribution in [-0.4, -0.2) is 12.6 Å². The Kier molecular flexibility index (Phi) is 5.15. The molecule has 1 unspecified atom stereocenters. The van der Waals surface area contributed by atoms with Crippen LogP contribution in [0.1, 0.15) is 29.3 Å². The van der Waals surface area contributed by atoms with Gasteiger partial charge in [0.2, 0.25) is 0 Å². The molecule has 112 valence electrons. The van der Waals surface area contributed by atoms with E-state index in [0.717, 1.165) is 18.9 Å². The lowest BCUT2D eigenvalue weighted by Crippen LogP contribution is -2.38. The first kappa shape index (κ1) is 15.3. The number of hydrogen-bond acceptors (Lipinski definition) is 2. The molecule has 1 heterocycles. The van der Waals surface area contributed by atoms with Crippen LogP contribution in [0.4, 0.5) is 0 Å². The van der Waals surface area contributed by atoms with E-state index in [1.807, 2.05) is 11.3 Å². The maximum atomic E-state index is 3.80. The summed E-state index contributed by atoms with van der Waals surface area (Å²) >= 11 is 5.44. The minimum Gasteiger partial charge on any atom is -0.313 e. The minimum atomic E-state index is 0.586. The van der Waals surface area contributed by atoms with E-state index in [-0.39, 0.29) is 0 Å². The molecule has 0 amide bonds. The van der Waals surface area contributed by atoms with Crippen LogP contribution in [0.15, 0.2) is 40.2 Å². The molecule has 3 rings (SSSR count). The molecule has 3 heteroatoms. The van der Waals surface area contributed by atoms with E-state index in [1.54, 1.807) is 11.1 Å². The molecule has 1 aliphatic rings. The molecule has 1 N–H and O–H groups in total. The molecule has 1 aromatic carbocycles. The lowest BCUT2D eigenvalue weighted by molar-refractivity contribution is 0.363. The Morgan fingerprint density at radius 1 is 1.29 bits per heavy atom. The summed E-state index contributed by atoms with van der Waals surface area (Å²) in [5.74, 6) is 0.731. The summed E-state index contributed by atoms with van der Waals surface area (Å²) in [6.45, 7) is 3.36. The third kappa shape index (κ3) is 3.77. The molecule has 0 bridgehead atoms. The third-order valence-electron chi connectivity index (χ3n) is 4.35. The summed E-state index contributed by atoms with van der Waals surface area (Å²) in [5.41, 5.74) is 3.11. The zero-order valence-corrected chi connectivity index (χ0v) is 14.8. The van der Waals surface area contributed by atoms with Gasteiger partial charge in [-0.05, 0) is 71.3 Å². The number of thiophene rings is 1. The van der Waals surface area contributed by atoms with Gasteiger partial charge in [0, 0.05) is 20.8 Å². The van der Waals surface area contributed by atoms with E-state index in [1.165, 1.54) is 28.6 Å². The van der Waals surface area contributed by atoms with Crippen molar-refractivity contribution >= 4 is 27.3 Å². The zero-order valence-electron chi connectivity index (χ0n) is 12.4. The van der Waals surface area contributed by atoms with E-state index in [9.17, 15) is 0 Å². The van der Waals surface area contributed by atoms with Crippen LogP contribution in [0, 0.1) is 5.92 Å². The van der Waals surface area contributed by atoms with Crippen molar-refractivity contribution in [2.45, 2.75) is 38.6 Å². The molecule has 1 atom stereocenters. The summed E-state index contributed by atoms with van der Waals surface area (Å²) in [6.07, 6.45) is 4.80. The maximum Gasteiger partial charge on any atom is 0.0285 e. The average molecular weight is 364 g/mol. The molecule has 1 nitrogen and oxygen atoms in total. The van der Waals surface area contributed by atoms with Crippen molar-refractivity contribution in [1.82, 2.24) is 5.32 Å². The summed E-state index contributed by atoms with van der Waals surface area (Å²) in [7, 11) is 0. The fourth-order valence-corrected chi connectivity index (χ4v) is 4.80. The van der Waals surface area contributed by atoms with Crippen LogP contribution < -0.4 is 5.32 Å². The van der Waals surface area contributed by atoms with Gasteiger partial charge in [-0.3, -0.25) is 0 Å². The van der Waals surface area contributed by atoms with Crippen LogP contribution in [0.25, 0.3) is 0 Å². The lowest BCUT2D eigenvalue weighted by atomic mass is 9.93. The average Bonchev–Trinajstić information content (AvgIpc) is 3.09. The van der Waals surface area contributed by atoms with Gasteiger partial charge in [0.15, 0.2) is 0 Å². The Balaban J connectivity index is 1.71. The summed E-state index contributed by atoms with van der Waals surface area (Å²) < 4.78 is 1.21. The van der Waals surface area contributed by atoms with Crippen molar-refractivity contribution in [1.29, 1.82) is 0 Å². The Bertz CT molecular complexity index is 567. The fourth-order valence-electron chi connectivity index (χ4n) is 3.29. The third-order valence-corrected chi connectivity index (χ3v) is 6.07. The molecule has 0 fully saturated rings. The molecule has 0 radical (unpaired) electrons. The molecule has 1 aromatic heterocycles. The highest BCUT2D eigenvalue weighted by Gasteiger charge is 2.28. The molecular weight excluding hydrogens is 342 g/mol. The maximum absolute atomic E-state index is 3.80. The first-order valence-electron chi connectivity index (χ1n) is 7.79. The van der Waals surface area contributed by atoms with E-state index in [0.29, 0.717) is 6.04 Å². The number of hydrogen-bond donors (Lipinski definition) is 1. The zero-order chi connectivity index (χ0) is 14.7. The minimum absolute atomic E-state index is 0.586. The van der Waals surface area contributed by atoms with Crippen LogP contribution in [-0.2, 0) is 19.3 Å². The van der Waals surface area contributed by atoms with Gasteiger partial charge in [-0.1, -0.05) is 31.2 Å². The normalized spacial score (nSPS) is 16.1. The van der Waals surface area contributed by atoms with Crippen molar-refractivity contribution in [2.24, 2.45) is 5.92 Å². The summed E-state index contributed by atoms with van der Waals surface area (Å²) in [6, 6.07) is 11.8. The topological polar surface area (TPSA) is 12.0 Å². The van der Waals surface area contributed by atoms with Gasteiger partial charge in [0.1, 0.15) is 0 Å². The summed E-state index contributed by atoms with van der Waals surface area (Å²) in [4.78, 5) is 1.48. The van der Waals surface area contributed by atoms with Crippen LogP contribution in [0.2, 0.25) is 0 Å². The van der Waals surface area contributed by atoms with Crippen molar-refractivity contribution in [3.8, 4) is 0 Å². The van der Waals surface area contributed by atoms with Crippen LogP contribution in [0.3, 0.4) is 0 Å². The van der Waals surface area contributed by atoms with Crippen molar-refractivity contribution in [3.05, 3.63) is 56.2 Å². The van der Waals surface area contributed by atoms with E-state index < -0.39 is 0 Å². The predicted molar refractivity (Wildman–Crippen MR) is 95.1 cm³/mol. The SMILES string of the molecule is CCCNC(Cc1cc(Br)cs1)C1Cc2ccccc2C1. The number of fused-ring (bicyclic) bond motifs is 1. The first-order valence-corrected chi connectivity index (χ1v) is 9.46. The van der Waals surface area contributed by atoms with E-state index in [2.05, 4.69) is 63.9 Å². The Morgan fingerprint density at radius 2 is 2.00 bits per heavy atom. The van der Waals surface area contributed by atoms with Gasteiger partial charge in [0.25, 0.3) is 0 Å². The van der Waals surface area contributed by atoms with Gasteiger partial charge < -0.3 is 5.32 Å². The molecule has 0 saturated carbocycles. The highest BCUT2D eigenvalue weighted by molar-refractivity contribution is 9.10. The molecule has 0 aliphatic heterocycles. The highest BCUT2D eigenvalue weighted by atomic mass is 79.9. The molecule has 0 spiro atoms. The van der Waals surface area contributed by atoms with Gasteiger partial charge in [-0.25, -0.2) is 0 Å². The van der Waals surface area contributed by atoms with Crippen molar-refractivity contribution in [3.63, 3.8) is 0 Å². The Labute approximate surface area is 139 Å². The number of rotatable bonds is 6. The number of nitrogens with one attached hydrogen (secondary N) is 1. The summed E-state index contributed by atoms with van der Waals surface area (Å²) in [5, 5.41) is 5.99. The van der Waals surface area contributed by atoms with Gasteiger partial charge in [-0.2, -0.15) is 0 Å². The molecule has 0 saturated heterocycles. The van der Waals surface area contributed by atoms with Crippen molar-refractivity contribution < 1.29 is 0 Å². The molecule has 21 heavy (non-hydrogen) atoms. The van der Waals surface area contributed by atoms with E-state index >= 15 is 0 Å². The largest absolute Gasteiger partial charge is 0.313 e. The standard InChI is InChI=1S/C18H22BrNS/c1-2-7-20-18(11-17-10-16(19)12-21-17)15-8-13-5-3-4-6-14(13)9-15/h3-6,10,12,15,18,20H,2,7-9,11H2,1H3. The monoisotopic (exact) mass is 363 g/mol.